The van der Waals surface area contributed by atoms with Crippen LogP contribution in [-0.2, 0) is 6.54 Å². The first-order valence-corrected chi connectivity index (χ1v) is 13.2. The Labute approximate surface area is 229 Å². The second-order valence-electron chi connectivity index (χ2n) is 11.1. The van der Waals surface area contributed by atoms with Crippen LogP contribution < -0.4 is 14.4 Å². The molecule has 0 radical (unpaired) electrons. The molecular formula is C32H41ClN2O2. The summed E-state index contributed by atoms with van der Waals surface area (Å²) in [7, 11) is 1.73. The first kappa shape index (κ1) is 27.3. The molecule has 0 amide bonds. The molecule has 0 aliphatic carbocycles. The molecule has 3 aromatic rings. The molecule has 5 heteroatoms. The Kier molecular flexibility index (Phi) is 7.83. The number of hydrogen-bond donors (Lipinski definition) is 0. The minimum atomic E-state index is -0.284. The average Bonchev–Trinajstić information content (AvgIpc) is 3.16. The fourth-order valence-electron chi connectivity index (χ4n) is 6.24. The monoisotopic (exact) mass is 520 g/mol. The van der Waals surface area contributed by atoms with E-state index in [2.05, 4.69) is 93.8 Å². The van der Waals surface area contributed by atoms with Gasteiger partial charge in [-0.05, 0) is 81.5 Å². The maximum absolute atomic E-state index is 6.69. The first-order chi connectivity index (χ1) is 17.2. The average molecular weight is 521 g/mol. The fourth-order valence-corrected chi connectivity index (χ4v) is 6.24. The van der Waals surface area contributed by atoms with E-state index < -0.39 is 0 Å². The van der Waals surface area contributed by atoms with Gasteiger partial charge < -0.3 is 14.4 Å². The van der Waals surface area contributed by atoms with Gasteiger partial charge in [-0.25, -0.2) is 0 Å². The SMILES string of the molecule is COc1cccc(CN2CCN(c3c(C)c(C)c4c(c3C)C(c3ccc(C)cc3)C(C)(C)O4)CC2)c1.Cl. The summed E-state index contributed by atoms with van der Waals surface area (Å²) < 4.78 is 12.1. The number of rotatable bonds is 5. The highest BCUT2D eigenvalue weighted by molar-refractivity contribution is 5.85. The second kappa shape index (κ2) is 10.6. The van der Waals surface area contributed by atoms with Crippen molar-refractivity contribution in [3.05, 3.63) is 87.5 Å². The molecule has 0 aromatic heterocycles. The summed E-state index contributed by atoms with van der Waals surface area (Å²) in [4.78, 5) is 5.16. The highest BCUT2D eigenvalue weighted by Gasteiger charge is 2.45. The number of nitrogens with zero attached hydrogens (tertiary/aromatic N) is 2. The van der Waals surface area contributed by atoms with E-state index in [1.54, 1.807) is 7.11 Å². The largest absolute Gasteiger partial charge is 0.497 e. The highest BCUT2D eigenvalue weighted by atomic mass is 35.5. The van der Waals surface area contributed by atoms with Crippen LogP contribution in [0.15, 0.2) is 48.5 Å². The molecule has 1 atom stereocenters. The molecule has 1 fully saturated rings. The lowest BCUT2D eigenvalue weighted by molar-refractivity contribution is 0.121. The van der Waals surface area contributed by atoms with Crippen molar-refractivity contribution in [1.29, 1.82) is 0 Å². The van der Waals surface area contributed by atoms with Crippen LogP contribution in [0.3, 0.4) is 0 Å². The molecule has 2 heterocycles. The molecule has 0 spiro atoms. The number of benzene rings is 3. The quantitative estimate of drug-likeness (QED) is 0.362. The lowest BCUT2D eigenvalue weighted by atomic mass is 9.78. The van der Waals surface area contributed by atoms with Gasteiger partial charge in [0.25, 0.3) is 0 Å². The lowest BCUT2D eigenvalue weighted by Crippen LogP contribution is -2.46. The maximum Gasteiger partial charge on any atom is 0.127 e. The van der Waals surface area contributed by atoms with Gasteiger partial charge in [0, 0.05) is 44.0 Å². The minimum Gasteiger partial charge on any atom is -0.497 e. The van der Waals surface area contributed by atoms with E-state index in [4.69, 9.17) is 9.47 Å². The van der Waals surface area contributed by atoms with Gasteiger partial charge in [0.1, 0.15) is 17.1 Å². The Balaban J connectivity index is 0.00000320. The smallest absolute Gasteiger partial charge is 0.127 e. The number of methoxy groups -OCH3 is 1. The Morgan fingerprint density at radius 2 is 1.57 bits per heavy atom. The van der Waals surface area contributed by atoms with E-state index in [1.165, 1.54) is 44.6 Å². The van der Waals surface area contributed by atoms with Crippen molar-refractivity contribution >= 4 is 18.1 Å². The zero-order valence-electron chi connectivity index (χ0n) is 23.4. The van der Waals surface area contributed by atoms with Crippen LogP contribution in [-0.4, -0.2) is 43.8 Å². The van der Waals surface area contributed by atoms with Crippen molar-refractivity contribution in [2.45, 2.75) is 59.6 Å². The molecule has 2 aliphatic rings. The molecule has 3 aromatic carbocycles. The summed E-state index contributed by atoms with van der Waals surface area (Å²) in [6, 6.07) is 17.5. The van der Waals surface area contributed by atoms with Crippen LogP contribution in [0.1, 0.15) is 58.7 Å². The van der Waals surface area contributed by atoms with Crippen molar-refractivity contribution in [2.75, 3.05) is 38.2 Å². The lowest BCUT2D eigenvalue weighted by Gasteiger charge is -2.38. The van der Waals surface area contributed by atoms with Crippen LogP contribution in [0.5, 0.6) is 11.5 Å². The second-order valence-corrected chi connectivity index (χ2v) is 11.1. The molecule has 4 nitrogen and oxygen atoms in total. The third kappa shape index (κ3) is 5.06. The van der Waals surface area contributed by atoms with E-state index >= 15 is 0 Å². The molecule has 1 saturated heterocycles. The summed E-state index contributed by atoms with van der Waals surface area (Å²) in [6.07, 6.45) is 0. The van der Waals surface area contributed by atoms with Crippen LogP contribution in [0.2, 0.25) is 0 Å². The van der Waals surface area contributed by atoms with E-state index in [-0.39, 0.29) is 23.9 Å². The summed E-state index contributed by atoms with van der Waals surface area (Å²) in [5.41, 5.74) is 10.5. The van der Waals surface area contributed by atoms with Gasteiger partial charge in [0.2, 0.25) is 0 Å². The predicted octanol–water partition coefficient (Wildman–Crippen LogP) is 6.98. The molecule has 0 bridgehead atoms. The van der Waals surface area contributed by atoms with Gasteiger partial charge in [-0.1, -0.05) is 42.0 Å². The molecule has 5 rings (SSSR count). The van der Waals surface area contributed by atoms with Gasteiger partial charge in [-0.2, -0.15) is 0 Å². The summed E-state index contributed by atoms with van der Waals surface area (Å²) >= 11 is 0. The highest BCUT2D eigenvalue weighted by Crippen LogP contribution is 2.54. The van der Waals surface area contributed by atoms with Crippen molar-refractivity contribution in [2.24, 2.45) is 0 Å². The topological polar surface area (TPSA) is 24.9 Å². The van der Waals surface area contributed by atoms with Crippen molar-refractivity contribution in [3.8, 4) is 11.5 Å². The summed E-state index contributed by atoms with van der Waals surface area (Å²) in [5, 5.41) is 0. The number of halogens is 1. The minimum absolute atomic E-state index is 0. The van der Waals surface area contributed by atoms with Crippen LogP contribution in [0, 0.1) is 27.7 Å². The van der Waals surface area contributed by atoms with E-state index in [9.17, 15) is 0 Å². The van der Waals surface area contributed by atoms with Crippen molar-refractivity contribution < 1.29 is 9.47 Å². The number of anilines is 1. The van der Waals surface area contributed by atoms with Crippen LogP contribution in [0.4, 0.5) is 5.69 Å². The molecule has 198 valence electrons. The van der Waals surface area contributed by atoms with Gasteiger partial charge in [-0.3, -0.25) is 4.90 Å². The molecule has 1 unspecified atom stereocenters. The van der Waals surface area contributed by atoms with Crippen LogP contribution in [0.25, 0.3) is 0 Å². The molecule has 2 aliphatic heterocycles. The number of fused-ring (bicyclic) bond motifs is 1. The molecule has 0 saturated carbocycles. The van der Waals surface area contributed by atoms with E-state index in [0.717, 1.165) is 44.2 Å². The Hall–Kier alpha value is -2.69. The van der Waals surface area contributed by atoms with Crippen molar-refractivity contribution in [3.63, 3.8) is 0 Å². The Morgan fingerprint density at radius 3 is 2.22 bits per heavy atom. The molecule has 37 heavy (non-hydrogen) atoms. The van der Waals surface area contributed by atoms with E-state index in [1.807, 2.05) is 6.07 Å². The third-order valence-electron chi connectivity index (χ3n) is 8.25. The van der Waals surface area contributed by atoms with Crippen molar-refractivity contribution in [1.82, 2.24) is 4.90 Å². The Bertz CT molecular complexity index is 1260. The number of aryl methyl sites for hydroxylation is 1. The van der Waals surface area contributed by atoms with Gasteiger partial charge in [0.05, 0.1) is 13.0 Å². The van der Waals surface area contributed by atoms with Gasteiger partial charge in [0.15, 0.2) is 0 Å². The first-order valence-electron chi connectivity index (χ1n) is 13.2. The molecular weight excluding hydrogens is 480 g/mol. The number of hydrogen-bond acceptors (Lipinski definition) is 4. The molecule has 0 N–H and O–H groups in total. The van der Waals surface area contributed by atoms with Gasteiger partial charge >= 0.3 is 0 Å². The van der Waals surface area contributed by atoms with E-state index in [0.29, 0.717) is 0 Å². The standard InChI is InChI=1S/C32H40N2O2.ClH/c1-21-11-13-26(14-12-21)29-28-24(4)30(22(2)23(3)31(28)36-32(29,5)6)34-17-15-33(16-18-34)20-25-9-8-10-27(19-25)35-7;/h8-14,19,29H,15-18,20H2,1-7H3;1H. The normalized spacial score (nSPS) is 18.7. The zero-order chi connectivity index (χ0) is 25.6. The summed E-state index contributed by atoms with van der Waals surface area (Å²) in [6.45, 7) is 18.6. The van der Waals surface area contributed by atoms with Gasteiger partial charge in [-0.15, -0.1) is 12.4 Å². The fraction of sp³-hybridized carbons (Fsp3) is 0.438. The maximum atomic E-state index is 6.69. The number of piperazine rings is 1. The summed E-state index contributed by atoms with van der Waals surface area (Å²) in [5.74, 6) is 2.25. The number of ether oxygens (including phenoxy) is 2. The predicted molar refractivity (Wildman–Crippen MR) is 156 cm³/mol. The zero-order valence-corrected chi connectivity index (χ0v) is 24.2. The third-order valence-corrected chi connectivity index (χ3v) is 8.25. The Morgan fingerprint density at radius 1 is 0.892 bits per heavy atom. The van der Waals surface area contributed by atoms with Crippen LogP contribution >= 0.6 is 12.4 Å².